The van der Waals surface area contributed by atoms with E-state index in [-0.39, 0.29) is 18.1 Å². The highest BCUT2D eigenvalue weighted by Crippen LogP contribution is 2.13. The third-order valence-corrected chi connectivity index (χ3v) is 4.57. The fourth-order valence-electron chi connectivity index (χ4n) is 3.15. The highest BCUT2D eigenvalue weighted by atomic mass is 16.5. The first-order valence-corrected chi connectivity index (χ1v) is 8.60. The normalized spacial score (nSPS) is 19.5. The highest BCUT2D eigenvalue weighted by Gasteiger charge is 2.29. The smallest absolute Gasteiger partial charge is 0.239 e. The molecular formula is C18H25N5O2. The molecule has 0 spiro atoms. The van der Waals surface area contributed by atoms with Crippen LogP contribution in [-0.2, 0) is 22.6 Å². The number of nitrogens with zero attached hydrogens (tertiary/aromatic N) is 5. The molecule has 0 saturated carbocycles. The second-order valence-electron chi connectivity index (χ2n) is 6.46. The van der Waals surface area contributed by atoms with Gasteiger partial charge in [-0.1, -0.05) is 30.3 Å². The van der Waals surface area contributed by atoms with Crippen molar-refractivity contribution in [1.29, 1.82) is 0 Å². The summed E-state index contributed by atoms with van der Waals surface area (Å²) >= 11 is 0. The zero-order valence-electron chi connectivity index (χ0n) is 14.8. The molecule has 1 aromatic carbocycles. The second kappa shape index (κ2) is 8.22. The number of benzene rings is 1. The third kappa shape index (κ3) is 4.64. The zero-order valence-corrected chi connectivity index (χ0v) is 14.8. The zero-order chi connectivity index (χ0) is 17.6. The number of hydrogen-bond donors (Lipinski definition) is 0. The van der Waals surface area contributed by atoms with Gasteiger partial charge < -0.3 is 9.64 Å². The Labute approximate surface area is 148 Å². The van der Waals surface area contributed by atoms with Crippen LogP contribution in [0.3, 0.4) is 0 Å². The minimum Gasteiger partial charge on any atom is -0.374 e. The van der Waals surface area contributed by atoms with E-state index in [0.717, 1.165) is 12.1 Å². The fourth-order valence-corrected chi connectivity index (χ4v) is 3.15. The van der Waals surface area contributed by atoms with Crippen molar-refractivity contribution in [1.82, 2.24) is 24.6 Å². The largest absolute Gasteiger partial charge is 0.374 e. The number of likely N-dealkylation sites (N-methyl/N-ethyl adjacent to an activating group) is 1. The molecule has 1 aliphatic heterocycles. The van der Waals surface area contributed by atoms with Gasteiger partial charge in [0, 0.05) is 26.7 Å². The first kappa shape index (κ1) is 17.6. The summed E-state index contributed by atoms with van der Waals surface area (Å²) in [5, 5.41) is 4.12. The number of morpholine rings is 1. The summed E-state index contributed by atoms with van der Waals surface area (Å²) in [5.74, 6) is 0.130. The van der Waals surface area contributed by atoms with Crippen LogP contribution in [0.5, 0.6) is 0 Å². The molecule has 2 aromatic rings. The van der Waals surface area contributed by atoms with Crippen molar-refractivity contribution in [3.05, 3.63) is 48.5 Å². The standard InChI is InChI=1S/C18H25N5O2/c1-15(18(24)21(2)10-16-6-4-3-5-7-16)22-8-9-25-17(11-22)12-23-14-19-13-20-23/h3-7,13-15,17H,8-12H2,1-2H3/t15-,17-/m0/s1. The molecule has 25 heavy (non-hydrogen) atoms. The van der Waals surface area contributed by atoms with Crippen LogP contribution in [0.15, 0.2) is 43.0 Å². The van der Waals surface area contributed by atoms with Gasteiger partial charge in [0.05, 0.1) is 25.3 Å². The van der Waals surface area contributed by atoms with E-state index in [4.69, 9.17) is 4.74 Å². The first-order valence-electron chi connectivity index (χ1n) is 8.60. The van der Waals surface area contributed by atoms with E-state index in [9.17, 15) is 4.79 Å². The second-order valence-corrected chi connectivity index (χ2v) is 6.46. The number of carbonyl (C=O) groups is 1. The summed E-state index contributed by atoms with van der Waals surface area (Å²) in [5.41, 5.74) is 1.14. The molecule has 0 bridgehead atoms. The van der Waals surface area contributed by atoms with Gasteiger partial charge in [-0.25, -0.2) is 4.98 Å². The van der Waals surface area contributed by atoms with Gasteiger partial charge in [-0.05, 0) is 12.5 Å². The number of hydrogen-bond acceptors (Lipinski definition) is 5. The van der Waals surface area contributed by atoms with Crippen molar-refractivity contribution in [3.8, 4) is 0 Å². The van der Waals surface area contributed by atoms with Crippen LogP contribution in [-0.4, -0.2) is 69.4 Å². The van der Waals surface area contributed by atoms with E-state index in [1.165, 1.54) is 6.33 Å². The maximum absolute atomic E-state index is 12.8. The van der Waals surface area contributed by atoms with E-state index >= 15 is 0 Å². The lowest BCUT2D eigenvalue weighted by Gasteiger charge is -2.37. The molecule has 1 amide bonds. The molecule has 0 unspecified atom stereocenters. The molecule has 0 N–H and O–H groups in total. The van der Waals surface area contributed by atoms with E-state index in [0.29, 0.717) is 26.2 Å². The van der Waals surface area contributed by atoms with Crippen molar-refractivity contribution in [3.63, 3.8) is 0 Å². The Hall–Kier alpha value is -2.25. The number of rotatable bonds is 6. The minimum atomic E-state index is -0.171. The molecule has 134 valence electrons. The number of amides is 1. The van der Waals surface area contributed by atoms with Crippen molar-refractivity contribution in [2.24, 2.45) is 0 Å². The lowest BCUT2D eigenvalue weighted by atomic mass is 10.1. The Bertz CT molecular complexity index is 661. The van der Waals surface area contributed by atoms with E-state index < -0.39 is 0 Å². The SMILES string of the molecule is C[C@@H](C(=O)N(C)Cc1ccccc1)N1CCO[C@H](Cn2cncn2)C1. The predicted octanol–water partition coefficient (Wildman–Crippen LogP) is 1.03. The molecule has 7 nitrogen and oxygen atoms in total. The van der Waals surface area contributed by atoms with Gasteiger partial charge in [-0.15, -0.1) is 0 Å². The lowest BCUT2D eigenvalue weighted by molar-refractivity contribution is -0.139. The molecule has 0 radical (unpaired) electrons. The molecule has 0 aliphatic carbocycles. The summed E-state index contributed by atoms with van der Waals surface area (Å²) in [6.45, 7) is 5.35. The van der Waals surface area contributed by atoms with Gasteiger partial charge >= 0.3 is 0 Å². The summed E-state index contributed by atoms with van der Waals surface area (Å²) in [6, 6.07) is 9.88. The van der Waals surface area contributed by atoms with E-state index in [1.807, 2.05) is 44.3 Å². The van der Waals surface area contributed by atoms with Gasteiger partial charge in [-0.3, -0.25) is 14.4 Å². The quantitative estimate of drug-likeness (QED) is 0.784. The summed E-state index contributed by atoms with van der Waals surface area (Å²) in [6.07, 6.45) is 3.22. The Kier molecular flexibility index (Phi) is 5.78. The Morgan fingerprint density at radius 2 is 2.20 bits per heavy atom. The van der Waals surface area contributed by atoms with Gasteiger partial charge in [0.2, 0.25) is 5.91 Å². The fraction of sp³-hybridized carbons (Fsp3) is 0.500. The Morgan fingerprint density at radius 1 is 1.40 bits per heavy atom. The van der Waals surface area contributed by atoms with Crippen LogP contribution in [0, 0.1) is 0 Å². The van der Waals surface area contributed by atoms with Crippen molar-refractivity contribution >= 4 is 5.91 Å². The first-order chi connectivity index (χ1) is 12.1. The van der Waals surface area contributed by atoms with Crippen LogP contribution >= 0.6 is 0 Å². The number of aromatic nitrogens is 3. The average molecular weight is 343 g/mol. The monoisotopic (exact) mass is 343 g/mol. The molecule has 3 rings (SSSR count). The Morgan fingerprint density at radius 3 is 2.92 bits per heavy atom. The summed E-state index contributed by atoms with van der Waals surface area (Å²) < 4.78 is 7.58. The van der Waals surface area contributed by atoms with Crippen LogP contribution < -0.4 is 0 Å². The summed E-state index contributed by atoms with van der Waals surface area (Å²) in [4.78, 5) is 20.7. The van der Waals surface area contributed by atoms with Gasteiger partial charge in [0.25, 0.3) is 0 Å². The number of ether oxygens (including phenoxy) is 1. The van der Waals surface area contributed by atoms with E-state index in [1.54, 1.807) is 15.9 Å². The molecular weight excluding hydrogens is 318 g/mol. The van der Waals surface area contributed by atoms with Gasteiger partial charge in [0.1, 0.15) is 12.7 Å². The molecule has 2 atom stereocenters. The van der Waals surface area contributed by atoms with Crippen LogP contribution in [0.4, 0.5) is 0 Å². The third-order valence-electron chi connectivity index (χ3n) is 4.57. The lowest BCUT2D eigenvalue weighted by Crippen LogP contribution is -2.53. The number of carbonyl (C=O) groups excluding carboxylic acids is 1. The highest BCUT2D eigenvalue weighted by molar-refractivity contribution is 5.81. The molecule has 1 fully saturated rings. The maximum Gasteiger partial charge on any atom is 0.239 e. The van der Waals surface area contributed by atoms with Gasteiger partial charge in [0.15, 0.2) is 0 Å². The molecule has 1 saturated heterocycles. The van der Waals surface area contributed by atoms with Crippen LogP contribution in [0.1, 0.15) is 12.5 Å². The van der Waals surface area contributed by atoms with E-state index in [2.05, 4.69) is 15.0 Å². The summed E-state index contributed by atoms with van der Waals surface area (Å²) in [7, 11) is 1.86. The van der Waals surface area contributed by atoms with Crippen LogP contribution in [0.25, 0.3) is 0 Å². The molecule has 2 heterocycles. The topological polar surface area (TPSA) is 63.5 Å². The van der Waals surface area contributed by atoms with Crippen molar-refractivity contribution < 1.29 is 9.53 Å². The molecule has 1 aliphatic rings. The van der Waals surface area contributed by atoms with Crippen molar-refractivity contribution in [2.75, 3.05) is 26.7 Å². The van der Waals surface area contributed by atoms with Gasteiger partial charge in [-0.2, -0.15) is 5.10 Å². The molecule has 7 heteroatoms. The molecule has 1 aromatic heterocycles. The minimum absolute atomic E-state index is 0.0186. The van der Waals surface area contributed by atoms with Crippen LogP contribution in [0.2, 0.25) is 0 Å². The Balaban J connectivity index is 1.55. The predicted molar refractivity (Wildman–Crippen MR) is 93.7 cm³/mol. The average Bonchev–Trinajstić information content (AvgIpc) is 3.14. The van der Waals surface area contributed by atoms with Crippen molar-refractivity contribution in [2.45, 2.75) is 32.2 Å². The maximum atomic E-state index is 12.8.